The zero-order valence-electron chi connectivity index (χ0n) is 11.8. The van der Waals surface area contributed by atoms with Crippen LogP contribution >= 0.6 is 0 Å². The first-order valence-electron chi connectivity index (χ1n) is 7.08. The molecule has 2 aliphatic rings. The van der Waals surface area contributed by atoms with Gasteiger partial charge in [0.2, 0.25) is 5.91 Å². The van der Waals surface area contributed by atoms with E-state index in [1.165, 1.54) is 0 Å². The molecular formula is C14H24N2O3. The molecule has 2 rings (SSSR count). The number of nitrogens with zero attached hydrogens (tertiary/aromatic N) is 1. The molecule has 1 amide bonds. The fourth-order valence-electron chi connectivity index (χ4n) is 3.41. The Hall–Kier alpha value is -1.10. The minimum Gasteiger partial charge on any atom is -0.481 e. The smallest absolute Gasteiger partial charge is 0.311 e. The molecule has 3 unspecified atom stereocenters. The zero-order chi connectivity index (χ0) is 14.3. The van der Waals surface area contributed by atoms with Crippen LogP contribution in [0.1, 0.15) is 46.0 Å². The number of carboxylic acids is 1. The summed E-state index contributed by atoms with van der Waals surface area (Å²) in [5.41, 5.74) is 4.71. The Morgan fingerprint density at radius 2 is 2.05 bits per heavy atom. The van der Waals surface area contributed by atoms with Gasteiger partial charge < -0.3 is 15.7 Å². The van der Waals surface area contributed by atoms with Gasteiger partial charge >= 0.3 is 5.97 Å². The molecule has 1 saturated heterocycles. The molecule has 0 spiro atoms. The van der Waals surface area contributed by atoms with Crippen molar-refractivity contribution < 1.29 is 14.7 Å². The Kier molecular flexibility index (Phi) is 3.60. The summed E-state index contributed by atoms with van der Waals surface area (Å²) in [7, 11) is 0. The topological polar surface area (TPSA) is 83.6 Å². The number of hydrogen-bond acceptors (Lipinski definition) is 3. The lowest BCUT2D eigenvalue weighted by Crippen LogP contribution is -2.57. The van der Waals surface area contributed by atoms with Crippen LogP contribution in [0.4, 0.5) is 0 Å². The predicted octanol–water partition coefficient (Wildman–Crippen LogP) is 1.22. The number of rotatable bonds is 2. The molecule has 0 aromatic rings. The van der Waals surface area contributed by atoms with Crippen molar-refractivity contribution in [3.05, 3.63) is 0 Å². The average Bonchev–Trinajstić information content (AvgIpc) is 2.72. The van der Waals surface area contributed by atoms with Crippen molar-refractivity contribution in [3.63, 3.8) is 0 Å². The molecule has 1 heterocycles. The van der Waals surface area contributed by atoms with Crippen LogP contribution in [0.3, 0.4) is 0 Å². The lowest BCUT2D eigenvalue weighted by molar-refractivity contribution is -0.148. The molecule has 0 radical (unpaired) electrons. The summed E-state index contributed by atoms with van der Waals surface area (Å²) < 4.78 is 0. The van der Waals surface area contributed by atoms with Crippen LogP contribution in [-0.2, 0) is 9.59 Å². The summed E-state index contributed by atoms with van der Waals surface area (Å²) in [6, 6.07) is 0. The SMILES string of the molecule is CC1CCCC(N)(C(=O)N2CCC(C)(C(=O)O)C2)C1. The Balaban J connectivity index is 2.07. The molecule has 1 aliphatic heterocycles. The average molecular weight is 268 g/mol. The van der Waals surface area contributed by atoms with Gasteiger partial charge in [-0.25, -0.2) is 0 Å². The van der Waals surface area contributed by atoms with Gasteiger partial charge in [-0.05, 0) is 32.1 Å². The van der Waals surface area contributed by atoms with E-state index in [9.17, 15) is 14.7 Å². The first-order chi connectivity index (χ1) is 8.77. The molecular weight excluding hydrogens is 244 g/mol. The standard InChI is InChI=1S/C14H24N2O3/c1-10-4-3-5-14(15,8-10)11(17)16-7-6-13(2,9-16)12(18)19/h10H,3-9,15H2,1-2H3,(H,18,19). The third kappa shape index (κ3) is 2.61. The minimum absolute atomic E-state index is 0.0518. The van der Waals surface area contributed by atoms with Crippen LogP contribution < -0.4 is 5.73 Å². The molecule has 3 N–H and O–H groups in total. The van der Waals surface area contributed by atoms with E-state index < -0.39 is 16.9 Å². The normalized spacial score (nSPS) is 39.3. The third-order valence-corrected chi connectivity index (χ3v) is 4.74. The molecule has 0 aromatic carbocycles. The minimum atomic E-state index is -0.828. The van der Waals surface area contributed by atoms with Crippen LogP contribution in [0.15, 0.2) is 0 Å². The monoisotopic (exact) mass is 268 g/mol. The van der Waals surface area contributed by atoms with E-state index in [1.54, 1.807) is 11.8 Å². The van der Waals surface area contributed by atoms with Crippen molar-refractivity contribution in [1.29, 1.82) is 0 Å². The number of hydrogen-bond donors (Lipinski definition) is 2. The van der Waals surface area contributed by atoms with Crippen LogP contribution in [-0.4, -0.2) is 40.5 Å². The fourth-order valence-corrected chi connectivity index (χ4v) is 3.41. The van der Waals surface area contributed by atoms with Gasteiger partial charge in [0, 0.05) is 13.1 Å². The van der Waals surface area contributed by atoms with E-state index in [4.69, 9.17) is 5.73 Å². The molecule has 1 saturated carbocycles. The molecule has 2 fully saturated rings. The highest BCUT2D eigenvalue weighted by molar-refractivity contribution is 5.87. The number of likely N-dealkylation sites (tertiary alicyclic amines) is 1. The van der Waals surface area contributed by atoms with E-state index in [2.05, 4.69) is 6.92 Å². The lowest BCUT2D eigenvalue weighted by atomic mass is 9.76. The second-order valence-corrected chi connectivity index (χ2v) is 6.70. The second kappa shape index (κ2) is 4.78. The van der Waals surface area contributed by atoms with Crippen molar-refractivity contribution in [2.45, 2.75) is 51.5 Å². The van der Waals surface area contributed by atoms with Gasteiger partial charge in [-0.2, -0.15) is 0 Å². The van der Waals surface area contributed by atoms with Gasteiger partial charge in [0.1, 0.15) is 0 Å². The van der Waals surface area contributed by atoms with Crippen LogP contribution in [0.2, 0.25) is 0 Å². The molecule has 19 heavy (non-hydrogen) atoms. The molecule has 0 aromatic heterocycles. The van der Waals surface area contributed by atoms with E-state index in [1.807, 2.05) is 0 Å². The number of carbonyl (C=O) groups excluding carboxylic acids is 1. The van der Waals surface area contributed by atoms with Gasteiger partial charge in [0.05, 0.1) is 11.0 Å². The van der Waals surface area contributed by atoms with Crippen LogP contribution in [0, 0.1) is 11.3 Å². The molecule has 1 aliphatic carbocycles. The summed E-state index contributed by atoms with van der Waals surface area (Å²) in [4.78, 5) is 25.5. The van der Waals surface area contributed by atoms with E-state index >= 15 is 0 Å². The maximum absolute atomic E-state index is 12.6. The van der Waals surface area contributed by atoms with E-state index in [0.29, 0.717) is 25.3 Å². The van der Waals surface area contributed by atoms with Gasteiger partial charge in [-0.15, -0.1) is 0 Å². The highest BCUT2D eigenvalue weighted by Crippen LogP contribution is 2.36. The number of amides is 1. The molecule has 5 nitrogen and oxygen atoms in total. The largest absolute Gasteiger partial charge is 0.481 e. The Morgan fingerprint density at radius 3 is 2.58 bits per heavy atom. The Bertz CT molecular complexity index is 398. The van der Waals surface area contributed by atoms with Crippen molar-refractivity contribution >= 4 is 11.9 Å². The zero-order valence-corrected chi connectivity index (χ0v) is 11.8. The van der Waals surface area contributed by atoms with Crippen molar-refractivity contribution in [2.75, 3.05) is 13.1 Å². The maximum atomic E-state index is 12.6. The van der Waals surface area contributed by atoms with Crippen molar-refractivity contribution in [2.24, 2.45) is 17.1 Å². The van der Waals surface area contributed by atoms with Gasteiger partial charge in [-0.3, -0.25) is 9.59 Å². The third-order valence-electron chi connectivity index (χ3n) is 4.74. The second-order valence-electron chi connectivity index (χ2n) is 6.70. The lowest BCUT2D eigenvalue weighted by Gasteiger charge is -2.38. The van der Waals surface area contributed by atoms with E-state index in [0.717, 1.165) is 19.3 Å². The summed E-state index contributed by atoms with van der Waals surface area (Å²) >= 11 is 0. The van der Waals surface area contributed by atoms with Gasteiger partial charge in [0.25, 0.3) is 0 Å². The number of carboxylic acid groups (broad SMARTS) is 1. The first kappa shape index (κ1) is 14.3. The summed E-state index contributed by atoms with van der Waals surface area (Å²) in [5, 5.41) is 9.22. The predicted molar refractivity (Wildman–Crippen MR) is 71.5 cm³/mol. The summed E-state index contributed by atoms with van der Waals surface area (Å²) in [5.74, 6) is -0.411. The Morgan fingerprint density at radius 1 is 1.37 bits per heavy atom. The number of nitrogens with two attached hydrogens (primary N) is 1. The van der Waals surface area contributed by atoms with Gasteiger partial charge in [0.15, 0.2) is 0 Å². The quantitative estimate of drug-likeness (QED) is 0.788. The summed E-state index contributed by atoms with van der Waals surface area (Å²) in [6.07, 6.45) is 4.05. The van der Waals surface area contributed by atoms with Crippen LogP contribution in [0.25, 0.3) is 0 Å². The van der Waals surface area contributed by atoms with Crippen molar-refractivity contribution in [1.82, 2.24) is 4.90 Å². The van der Waals surface area contributed by atoms with Crippen LogP contribution in [0.5, 0.6) is 0 Å². The van der Waals surface area contributed by atoms with Crippen molar-refractivity contribution in [3.8, 4) is 0 Å². The Labute approximate surface area is 114 Å². The van der Waals surface area contributed by atoms with E-state index in [-0.39, 0.29) is 12.5 Å². The highest BCUT2D eigenvalue weighted by Gasteiger charge is 2.47. The molecule has 108 valence electrons. The molecule has 0 bridgehead atoms. The maximum Gasteiger partial charge on any atom is 0.311 e. The van der Waals surface area contributed by atoms with Gasteiger partial charge in [-0.1, -0.05) is 19.8 Å². The molecule has 5 heteroatoms. The fraction of sp³-hybridized carbons (Fsp3) is 0.857. The first-order valence-corrected chi connectivity index (χ1v) is 7.08. The number of aliphatic carboxylic acids is 1. The number of carbonyl (C=O) groups is 2. The summed E-state index contributed by atoms with van der Waals surface area (Å²) in [6.45, 7) is 4.62. The molecule has 3 atom stereocenters. The highest BCUT2D eigenvalue weighted by atomic mass is 16.4.